The number of morpholine rings is 2. The van der Waals surface area contributed by atoms with E-state index in [0.29, 0.717) is 19.2 Å². The molecule has 2 fully saturated rings. The Morgan fingerprint density at radius 2 is 1.88 bits per heavy atom. The summed E-state index contributed by atoms with van der Waals surface area (Å²) in [5.41, 5.74) is 3.67. The molecule has 3 atom stereocenters. The molecule has 2 saturated heterocycles. The van der Waals surface area contributed by atoms with Gasteiger partial charge in [-0.1, -0.05) is 12.1 Å². The Bertz CT molecular complexity index is 1290. The summed E-state index contributed by atoms with van der Waals surface area (Å²) in [7, 11) is 0. The highest BCUT2D eigenvalue weighted by molar-refractivity contribution is 5.96. The highest BCUT2D eigenvalue weighted by Gasteiger charge is 2.29. The summed E-state index contributed by atoms with van der Waals surface area (Å²) in [6.45, 7) is 10.0. The van der Waals surface area contributed by atoms with Crippen molar-refractivity contribution in [2.24, 2.45) is 0 Å². The molecule has 4 aromatic rings. The summed E-state index contributed by atoms with van der Waals surface area (Å²) in [4.78, 5) is 26.3. The quantitative estimate of drug-likeness (QED) is 0.497. The van der Waals surface area contributed by atoms with Gasteiger partial charge in [-0.15, -0.1) is 0 Å². The molecular weight excluding hydrogens is 418 g/mol. The number of aromatic amines is 2. The van der Waals surface area contributed by atoms with Crippen molar-refractivity contribution in [1.82, 2.24) is 24.9 Å². The molecule has 6 rings (SSSR count). The van der Waals surface area contributed by atoms with Gasteiger partial charge in [0.15, 0.2) is 17.0 Å². The molecule has 0 amide bonds. The maximum absolute atomic E-state index is 5.94. The minimum atomic E-state index is 0.127. The third kappa shape index (κ3) is 3.61. The van der Waals surface area contributed by atoms with E-state index in [1.807, 2.05) is 12.3 Å². The van der Waals surface area contributed by atoms with Gasteiger partial charge in [-0.2, -0.15) is 9.97 Å². The lowest BCUT2D eigenvalue weighted by Gasteiger charge is -2.37. The number of anilines is 2. The van der Waals surface area contributed by atoms with Crippen LogP contribution in [0.1, 0.15) is 20.8 Å². The minimum absolute atomic E-state index is 0.127. The Kier molecular flexibility index (Phi) is 4.95. The largest absolute Gasteiger partial charge is 0.377 e. The van der Waals surface area contributed by atoms with E-state index < -0.39 is 0 Å². The molecule has 2 aliphatic heterocycles. The van der Waals surface area contributed by atoms with E-state index >= 15 is 0 Å². The number of imidazole rings is 1. The first-order valence-corrected chi connectivity index (χ1v) is 11.7. The number of fused-ring (bicyclic) bond motifs is 2. The fraction of sp³-hybridized carbons (Fsp3) is 0.458. The van der Waals surface area contributed by atoms with Crippen LogP contribution in [-0.2, 0) is 9.47 Å². The van der Waals surface area contributed by atoms with Crippen LogP contribution in [0, 0.1) is 0 Å². The second-order valence-corrected chi connectivity index (χ2v) is 9.15. The predicted octanol–water partition coefficient (Wildman–Crippen LogP) is 3.34. The number of hydrogen-bond acceptors (Lipinski definition) is 7. The summed E-state index contributed by atoms with van der Waals surface area (Å²) < 4.78 is 11.6. The summed E-state index contributed by atoms with van der Waals surface area (Å²) >= 11 is 0. The number of H-pyrrole nitrogens is 2. The average molecular weight is 448 g/mol. The summed E-state index contributed by atoms with van der Waals surface area (Å²) in [5.74, 6) is 2.38. The third-order valence-electron chi connectivity index (χ3n) is 6.51. The lowest BCUT2D eigenvalue weighted by molar-refractivity contribution is -0.00570. The molecule has 2 aliphatic rings. The minimum Gasteiger partial charge on any atom is -0.377 e. The molecule has 2 N–H and O–H groups in total. The van der Waals surface area contributed by atoms with Gasteiger partial charge in [0, 0.05) is 42.3 Å². The summed E-state index contributed by atoms with van der Waals surface area (Å²) in [6, 6.07) is 8.49. The van der Waals surface area contributed by atoms with Crippen molar-refractivity contribution < 1.29 is 9.47 Å². The molecule has 0 aliphatic carbocycles. The Balaban J connectivity index is 1.51. The fourth-order valence-electron chi connectivity index (χ4n) is 5.02. The van der Waals surface area contributed by atoms with Crippen LogP contribution in [0.15, 0.2) is 30.5 Å². The molecular formula is C24H29N7O2. The first kappa shape index (κ1) is 20.4. The number of nitrogens with one attached hydrogen (secondary N) is 2. The van der Waals surface area contributed by atoms with Gasteiger partial charge in [0.1, 0.15) is 5.82 Å². The number of rotatable bonds is 3. The standard InChI is InChI=1S/C24H29N7O2/c1-14-13-32-10-9-31(14)23-20-22(28-24(29-23)30-11-15(2)33-16(3)12-30)27-21(26-20)18-5-4-6-19-17(18)7-8-25-19/h4-8,14-16,25H,9-13H2,1-3H3,(H,26,27,28,29)/t14-,15-,16+/m1/s1. The zero-order valence-electron chi connectivity index (χ0n) is 19.2. The van der Waals surface area contributed by atoms with Crippen LogP contribution in [0.25, 0.3) is 33.5 Å². The van der Waals surface area contributed by atoms with Gasteiger partial charge in [-0.3, -0.25) is 0 Å². The topological polar surface area (TPSA) is 95.2 Å². The van der Waals surface area contributed by atoms with Crippen LogP contribution in [0.4, 0.5) is 11.8 Å². The lowest BCUT2D eigenvalue weighted by atomic mass is 10.1. The van der Waals surface area contributed by atoms with Gasteiger partial charge < -0.3 is 29.2 Å². The molecule has 0 radical (unpaired) electrons. The third-order valence-corrected chi connectivity index (χ3v) is 6.51. The van der Waals surface area contributed by atoms with E-state index in [1.165, 1.54) is 0 Å². The molecule has 172 valence electrons. The SMILES string of the molecule is C[C@@H]1CN(c2nc(N3CCOC[C@H]3C)c3nc(-c4cccc5[nH]ccc45)[nH]c3n2)C[C@H](C)O1. The van der Waals surface area contributed by atoms with Gasteiger partial charge in [0.2, 0.25) is 5.95 Å². The molecule has 9 nitrogen and oxygen atoms in total. The van der Waals surface area contributed by atoms with Crippen LogP contribution in [0.2, 0.25) is 0 Å². The maximum atomic E-state index is 5.94. The Hall–Kier alpha value is -3.17. The van der Waals surface area contributed by atoms with Crippen molar-refractivity contribution in [2.75, 3.05) is 42.6 Å². The Morgan fingerprint density at radius 1 is 1.03 bits per heavy atom. The molecule has 0 bridgehead atoms. The second-order valence-electron chi connectivity index (χ2n) is 9.15. The molecule has 0 saturated carbocycles. The van der Waals surface area contributed by atoms with Crippen molar-refractivity contribution >= 4 is 33.8 Å². The van der Waals surface area contributed by atoms with Crippen molar-refractivity contribution in [3.05, 3.63) is 30.5 Å². The molecule has 0 unspecified atom stereocenters. The van der Waals surface area contributed by atoms with E-state index in [2.05, 4.69) is 58.7 Å². The molecule has 0 spiro atoms. The van der Waals surface area contributed by atoms with Crippen LogP contribution in [0.3, 0.4) is 0 Å². The normalized spacial score (nSPS) is 24.2. The van der Waals surface area contributed by atoms with E-state index in [-0.39, 0.29) is 18.2 Å². The number of aromatic nitrogens is 5. The average Bonchev–Trinajstić information content (AvgIpc) is 3.45. The van der Waals surface area contributed by atoms with Crippen molar-refractivity contribution in [2.45, 2.75) is 39.0 Å². The summed E-state index contributed by atoms with van der Waals surface area (Å²) in [6.07, 6.45) is 2.21. The smallest absolute Gasteiger partial charge is 0.229 e. The van der Waals surface area contributed by atoms with Crippen molar-refractivity contribution in [1.29, 1.82) is 0 Å². The highest BCUT2D eigenvalue weighted by Crippen LogP contribution is 2.33. The number of nitrogens with zero attached hydrogens (tertiary/aromatic N) is 5. The van der Waals surface area contributed by atoms with Crippen LogP contribution in [0.5, 0.6) is 0 Å². The summed E-state index contributed by atoms with van der Waals surface area (Å²) in [5, 5.41) is 1.13. The predicted molar refractivity (Wildman–Crippen MR) is 129 cm³/mol. The van der Waals surface area contributed by atoms with Crippen LogP contribution >= 0.6 is 0 Å². The van der Waals surface area contributed by atoms with E-state index in [4.69, 9.17) is 24.4 Å². The number of ether oxygens (including phenoxy) is 2. The van der Waals surface area contributed by atoms with Gasteiger partial charge in [0.05, 0.1) is 31.5 Å². The first-order chi connectivity index (χ1) is 16.1. The van der Waals surface area contributed by atoms with Crippen molar-refractivity contribution in [3.8, 4) is 11.4 Å². The number of benzene rings is 1. The molecule has 5 heterocycles. The van der Waals surface area contributed by atoms with Gasteiger partial charge >= 0.3 is 0 Å². The highest BCUT2D eigenvalue weighted by atomic mass is 16.5. The maximum Gasteiger partial charge on any atom is 0.229 e. The molecule has 1 aromatic carbocycles. The van der Waals surface area contributed by atoms with Crippen LogP contribution < -0.4 is 9.80 Å². The molecule has 33 heavy (non-hydrogen) atoms. The first-order valence-electron chi connectivity index (χ1n) is 11.7. The fourth-order valence-corrected chi connectivity index (χ4v) is 5.02. The van der Waals surface area contributed by atoms with Crippen molar-refractivity contribution in [3.63, 3.8) is 0 Å². The van der Waals surface area contributed by atoms with E-state index in [1.54, 1.807) is 0 Å². The van der Waals surface area contributed by atoms with Gasteiger partial charge in [-0.05, 0) is 32.9 Å². The van der Waals surface area contributed by atoms with E-state index in [9.17, 15) is 0 Å². The number of hydrogen-bond donors (Lipinski definition) is 2. The zero-order chi connectivity index (χ0) is 22.5. The molecule has 3 aromatic heterocycles. The van der Waals surface area contributed by atoms with Gasteiger partial charge in [0.25, 0.3) is 0 Å². The monoisotopic (exact) mass is 447 g/mol. The Morgan fingerprint density at radius 3 is 2.70 bits per heavy atom. The Labute approximate surface area is 192 Å². The molecule has 9 heteroatoms. The second kappa shape index (κ2) is 8.00. The van der Waals surface area contributed by atoms with Gasteiger partial charge in [-0.25, -0.2) is 4.98 Å². The van der Waals surface area contributed by atoms with Crippen LogP contribution in [-0.4, -0.2) is 76.0 Å². The zero-order valence-corrected chi connectivity index (χ0v) is 19.2. The van der Waals surface area contributed by atoms with E-state index in [0.717, 1.165) is 58.9 Å². The lowest BCUT2D eigenvalue weighted by Crippen LogP contribution is -2.47.